The fraction of sp³-hybridized carbons (Fsp3) is 0.375. The number of aliphatic hydroxyl groups excluding tert-OH is 1. The molecule has 2 aromatic heterocycles. The molecule has 3 nitrogen and oxygen atoms in total. The Balaban J connectivity index is 1.67. The largest absolute Gasteiger partial charge is 0.396 e. The third-order valence-electron chi connectivity index (χ3n) is 2.86. The van der Waals surface area contributed by atoms with Crippen molar-refractivity contribution < 1.29 is 5.11 Å². The summed E-state index contributed by atoms with van der Waals surface area (Å²) < 4.78 is 0. The van der Waals surface area contributed by atoms with Crippen LogP contribution in [0.4, 0.5) is 0 Å². The summed E-state index contributed by atoms with van der Waals surface area (Å²) in [6.07, 6.45) is 6.97. The second-order valence-electron chi connectivity index (χ2n) is 4.68. The molecular weight excluding hydrogens is 332 g/mol. The Morgan fingerprint density at radius 1 is 0.909 bits per heavy atom. The van der Waals surface area contributed by atoms with Crippen LogP contribution in [0.2, 0.25) is 0 Å². The van der Waals surface area contributed by atoms with Gasteiger partial charge in [0.05, 0.1) is 0 Å². The summed E-state index contributed by atoms with van der Waals surface area (Å²) in [5.74, 6) is 2.15. The quantitative estimate of drug-likeness (QED) is 0.495. The van der Waals surface area contributed by atoms with Gasteiger partial charge in [-0.3, -0.25) is 0 Å². The molecule has 0 amide bonds. The number of pyridine rings is 2. The van der Waals surface area contributed by atoms with E-state index in [9.17, 15) is 0 Å². The van der Waals surface area contributed by atoms with Crippen LogP contribution in [0.15, 0.2) is 52.8 Å². The van der Waals surface area contributed by atoms with Gasteiger partial charge in [-0.05, 0) is 63.9 Å². The number of nitrogens with zero attached hydrogens (tertiary/aromatic N) is 2. The minimum atomic E-state index is 0.310. The van der Waals surface area contributed by atoms with Crippen molar-refractivity contribution in [3.63, 3.8) is 0 Å². The lowest BCUT2D eigenvalue weighted by atomic mass is 10.3. The maximum atomic E-state index is 8.72. The minimum absolute atomic E-state index is 0.310. The molecule has 0 unspecified atom stereocenters. The van der Waals surface area contributed by atoms with Gasteiger partial charge in [-0.1, -0.05) is 18.6 Å². The molecular formula is C16H20N2OS3. The molecule has 2 aromatic rings. The second kappa shape index (κ2) is 10.9. The van der Waals surface area contributed by atoms with Crippen LogP contribution in [-0.2, 0) is 5.75 Å². The molecule has 0 aliphatic heterocycles. The van der Waals surface area contributed by atoms with Gasteiger partial charge in [0, 0.05) is 24.8 Å². The third-order valence-corrected chi connectivity index (χ3v) is 6.16. The van der Waals surface area contributed by atoms with Gasteiger partial charge in [0.25, 0.3) is 0 Å². The molecule has 1 N–H and O–H groups in total. The van der Waals surface area contributed by atoms with E-state index in [1.165, 1.54) is 12.0 Å². The maximum absolute atomic E-state index is 8.72. The number of aromatic nitrogens is 2. The van der Waals surface area contributed by atoms with Gasteiger partial charge in [0.15, 0.2) is 0 Å². The van der Waals surface area contributed by atoms with E-state index >= 15 is 0 Å². The van der Waals surface area contributed by atoms with E-state index in [0.717, 1.165) is 34.4 Å². The van der Waals surface area contributed by atoms with Crippen molar-refractivity contribution >= 4 is 33.3 Å². The molecule has 22 heavy (non-hydrogen) atoms. The molecule has 118 valence electrons. The maximum Gasteiger partial charge on any atom is 0.107 e. The van der Waals surface area contributed by atoms with E-state index in [1.54, 1.807) is 27.8 Å². The molecule has 0 aromatic carbocycles. The van der Waals surface area contributed by atoms with Crippen molar-refractivity contribution in [2.75, 3.05) is 12.4 Å². The Kier molecular flexibility index (Phi) is 8.78. The molecule has 0 radical (unpaired) electrons. The second-order valence-corrected chi connectivity index (χ2v) is 7.95. The number of hydrogen-bond acceptors (Lipinski definition) is 6. The van der Waals surface area contributed by atoms with Crippen LogP contribution in [-0.4, -0.2) is 27.4 Å². The van der Waals surface area contributed by atoms with Crippen molar-refractivity contribution in [2.24, 2.45) is 0 Å². The predicted molar refractivity (Wildman–Crippen MR) is 97.3 cm³/mol. The normalized spacial score (nSPS) is 10.8. The highest BCUT2D eigenvalue weighted by atomic mass is 33.1. The van der Waals surface area contributed by atoms with E-state index in [4.69, 9.17) is 5.11 Å². The van der Waals surface area contributed by atoms with E-state index in [-0.39, 0.29) is 0 Å². The van der Waals surface area contributed by atoms with Crippen molar-refractivity contribution in [3.05, 3.63) is 48.3 Å². The van der Waals surface area contributed by atoms with E-state index in [0.29, 0.717) is 6.61 Å². The smallest absolute Gasteiger partial charge is 0.107 e. The van der Waals surface area contributed by atoms with Crippen LogP contribution in [0.5, 0.6) is 0 Å². The van der Waals surface area contributed by atoms with Crippen molar-refractivity contribution in [1.29, 1.82) is 0 Å². The highest BCUT2D eigenvalue weighted by molar-refractivity contribution is 8.76. The van der Waals surface area contributed by atoms with E-state index in [1.807, 2.05) is 36.2 Å². The van der Waals surface area contributed by atoms with Gasteiger partial charge >= 0.3 is 0 Å². The van der Waals surface area contributed by atoms with Crippen LogP contribution in [0, 0.1) is 0 Å². The standard InChI is InChI=1S/C16H20N2OS3/c19-10-4-1-5-11-20-13-14-7-8-16(18-12-14)22-21-15-6-2-3-9-17-15/h2-3,6-9,12,19H,1,4-5,10-11,13H2. The summed E-state index contributed by atoms with van der Waals surface area (Å²) >= 11 is 1.93. The third kappa shape index (κ3) is 7.05. The first-order valence-electron chi connectivity index (χ1n) is 7.27. The highest BCUT2D eigenvalue weighted by Gasteiger charge is 2.01. The van der Waals surface area contributed by atoms with Crippen LogP contribution < -0.4 is 0 Å². The number of rotatable bonds is 10. The fourth-order valence-corrected chi connectivity index (χ4v) is 4.40. The van der Waals surface area contributed by atoms with Crippen LogP contribution in [0.3, 0.4) is 0 Å². The summed E-state index contributed by atoms with van der Waals surface area (Å²) in [6.45, 7) is 0.310. The molecule has 0 aliphatic rings. The van der Waals surface area contributed by atoms with E-state index < -0.39 is 0 Å². The van der Waals surface area contributed by atoms with Gasteiger partial charge in [-0.2, -0.15) is 11.8 Å². The average Bonchev–Trinajstić information content (AvgIpc) is 2.58. The first-order valence-corrected chi connectivity index (χ1v) is 10.6. The molecule has 0 saturated carbocycles. The fourth-order valence-electron chi connectivity index (χ4n) is 1.71. The van der Waals surface area contributed by atoms with Gasteiger partial charge in [-0.15, -0.1) is 0 Å². The van der Waals surface area contributed by atoms with Gasteiger partial charge in [0.1, 0.15) is 10.1 Å². The zero-order chi connectivity index (χ0) is 15.5. The number of thioether (sulfide) groups is 1. The molecule has 0 spiro atoms. The van der Waals surface area contributed by atoms with Gasteiger partial charge in [0.2, 0.25) is 0 Å². The lowest BCUT2D eigenvalue weighted by Crippen LogP contribution is -1.88. The zero-order valence-electron chi connectivity index (χ0n) is 12.4. The van der Waals surface area contributed by atoms with Crippen molar-refractivity contribution in [1.82, 2.24) is 9.97 Å². The summed E-state index contributed by atoms with van der Waals surface area (Å²) in [6, 6.07) is 10.1. The number of aliphatic hydroxyl groups is 1. The molecule has 0 aliphatic carbocycles. The molecule has 6 heteroatoms. The monoisotopic (exact) mass is 352 g/mol. The number of hydrogen-bond donors (Lipinski definition) is 1. The lowest BCUT2D eigenvalue weighted by Gasteiger charge is -2.03. The molecule has 0 atom stereocenters. The van der Waals surface area contributed by atoms with Crippen LogP contribution >= 0.6 is 33.3 Å². The topological polar surface area (TPSA) is 46.0 Å². The van der Waals surface area contributed by atoms with Crippen LogP contribution in [0.1, 0.15) is 24.8 Å². The summed E-state index contributed by atoms with van der Waals surface area (Å²) in [7, 11) is 3.26. The Labute approximate surface area is 144 Å². The molecule has 2 heterocycles. The van der Waals surface area contributed by atoms with Crippen molar-refractivity contribution in [2.45, 2.75) is 35.1 Å². The molecule has 2 rings (SSSR count). The first-order chi connectivity index (χ1) is 10.9. The lowest BCUT2D eigenvalue weighted by molar-refractivity contribution is 0.284. The molecule has 0 fully saturated rings. The Bertz CT molecular complexity index is 523. The molecule has 0 bridgehead atoms. The SMILES string of the molecule is OCCCCCSCc1ccc(SSc2ccccn2)nc1. The summed E-state index contributed by atoms with van der Waals surface area (Å²) in [4.78, 5) is 8.77. The average molecular weight is 353 g/mol. The molecule has 0 saturated heterocycles. The van der Waals surface area contributed by atoms with Crippen molar-refractivity contribution in [3.8, 4) is 0 Å². The Morgan fingerprint density at radius 2 is 1.77 bits per heavy atom. The summed E-state index contributed by atoms with van der Waals surface area (Å²) in [5.41, 5.74) is 1.26. The van der Waals surface area contributed by atoms with Gasteiger partial charge in [-0.25, -0.2) is 9.97 Å². The summed E-state index contributed by atoms with van der Waals surface area (Å²) in [5, 5.41) is 10.7. The highest BCUT2D eigenvalue weighted by Crippen LogP contribution is 2.34. The van der Waals surface area contributed by atoms with Crippen LogP contribution in [0.25, 0.3) is 0 Å². The predicted octanol–water partition coefficient (Wildman–Crippen LogP) is 4.67. The Hall–Kier alpha value is -0.690. The van der Waals surface area contributed by atoms with E-state index in [2.05, 4.69) is 22.1 Å². The van der Waals surface area contributed by atoms with Gasteiger partial charge < -0.3 is 5.11 Å². The Morgan fingerprint density at radius 3 is 2.45 bits per heavy atom. The number of unbranched alkanes of at least 4 members (excludes halogenated alkanes) is 2. The minimum Gasteiger partial charge on any atom is -0.396 e. The first kappa shape index (κ1) is 17.7. The zero-order valence-corrected chi connectivity index (χ0v) is 14.8.